The van der Waals surface area contributed by atoms with Crippen LogP contribution in [0.5, 0.6) is 0 Å². The summed E-state index contributed by atoms with van der Waals surface area (Å²) in [5, 5.41) is 7.90. The minimum Gasteiger partial charge on any atom is -0.295 e. The van der Waals surface area contributed by atoms with Crippen LogP contribution in [0, 0.1) is 11.7 Å². The second-order valence-corrected chi connectivity index (χ2v) is 6.14. The number of hydrogen-bond donors (Lipinski definition) is 1. The maximum Gasteiger partial charge on any atom is 0.195 e. The molecular formula is C13H16ClN3S. The van der Waals surface area contributed by atoms with Crippen molar-refractivity contribution in [2.24, 2.45) is 0 Å². The molecule has 1 aromatic heterocycles. The summed E-state index contributed by atoms with van der Waals surface area (Å²) in [6, 6.07) is 5.79. The third-order valence-electron chi connectivity index (χ3n) is 2.78. The Hall–Kier alpha value is -1.13. The van der Waals surface area contributed by atoms with Gasteiger partial charge in [0.25, 0.3) is 0 Å². The molecule has 0 amide bonds. The average molecular weight is 282 g/mol. The molecule has 1 heterocycles. The Labute approximate surface area is 117 Å². The largest absolute Gasteiger partial charge is 0.295 e. The lowest BCUT2D eigenvalue weighted by atomic mass is 10.1. The van der Waals surface area contributed by atoms with E-state index in [4.69, 9.17) is 23.8 Å². The number of halogens is 1. The predicted molar refractivity (Wildman–Crippen MR) is 77.6 cm³/mol. The first kappa shape index (κ1) is 13.3. The number of benzene rings is 1. The molecule has 0 saturated carbocycles. The summed E-state index contributed by atoms with van der Waals surface area (Å²) in [7, 11) is 0. The lowest BCUT2D eigenvalue weighted by Gasteiger charge is -2.23. The molecule has 0 atom stereocenters. The zero-order chi connectivity index (χ0) is 13.5. The second kappa shape index (κ2) is 4.52. The molecule has 0 bridgehead atoms. The molecule has 0 saturated heterocycles. The summed E-state index contributed by atoms with van der Waals surface area (Å²) in [6.07, 6.45) is 0. The summed E-state index contributed by atoms with van der Waals surface area (Å²) in [5.41, 5.74) is 2.00. The molecule has 2 rings (SSSR count). The Morgan fingerprint density at radius 3 is 2.61 bits per heavy atom. The zero-order valence-corrected chi connectivity index (χ0v) is 12.5. The number of nitrogens with one attached hydrogen (secondary N) is 1. The molecule has 0 radical (unpaired) electrons. The van der Waals surface area contributed by atoms with Crippen molar-refractivity contribution in [3.63, 3.8) is 0 Å². The number of H-pyrrole nitrogens is 1. The van der Waals surface area contributed by atoms with Crippen molar-refractivity contribution in [3.8, 4) is 11.4 Å². The lowest BCUT2D eigenvalue weighted by molar-refractivity contribution is 0.395. The van der Waals surface area contributed by atoms with Crippen molar-refractivity contribution in [1.82, 2.24) is 14.8 Å². The molecule has 5 heteroatoms. The molecule has 18 heavy (non-hydrogen) atoms. The first-order chi connectivity index (χ1) is 8.30. The van der Waals surface area contributed by atoms with E-state index in [1.807, 2.05) is 29.7 Å². The lowest BCUT2D eigenvalue weighted by Crippen LogP contribution is -2.23. The molecule has 0 aliphatic rings. The van der Waals surface area contributed by atoms with E-state index in [1.165, 1.54) is 0 Å². The van der Waals surface area contributed by atoms with Crippen molar-refractivity contribution in [1.29, 1.82) is 0 Å². The van der Waals surface area contributed by atoms with Gasteiger partial charge in [0.15, 0.2) is 10.6 Å². The molecular weight excluding hydrogens is 266 g/mol. The van der Waals surface area contributed by atoms with Gasteiger partial charge in [-0.15, -0.1) is 0 Å². The predicted octanol–water partition coefficient (Wildman–Crippen LogP) is 4.32. The summed E-state index contributed by atoms with van der Waals surface area (Å²) in [6.45, 7) is 8.33. The fraction of sp³-hybridized carbons (Fsp3) is 0.385. The van der Waals surface area contributed by atoms with Gasteiger partial charge in [0, 0.05) is 16.1 Å². The van der Waals surface area contributed by atoms with Crippen LogP contribution in [-0.2, 0) is 5.54 Å². The van der Waals surface area contributed by atoms with Crippen LogP contribution in [0.4, 0.5) is 0 Å². The highest BCUT2D eigenvalue weighted by molar-refractivity contribution is 7.71. The van der Waals surface area contributed by atoms with E-state index >= 15 is 0 Å². The molecule has 2 aromatic rings. The highest BCUT2D eigenvalue weighted by Crippen LogP contribution is 2.28. The number of aromatic amines is 1. The standard InChI is InChI=1S/C13H16ClN3S/c1-8-5-6-9(14)7-10(8)11-15-16-12(18)17(11)13(2,3)4/h5-7H,1-4H3,(H,16,18). The first-order valence-corrected chi connectivity index (χ1v) is 6.54. The van der Waals surface area contributed by atoms with Gasteiger partial charge in [-0.3, -0.25) is 9.67 Å². The average Bonchev–Trinajstić information content (AvgIpc) is 2.63. The molecule has 1 aromatic carbocycles. The van der Waals surface area contributed by atoms with Crippen LogP contribution >= 0.6 is 23.8 Å². The Bertz CT molecular complexity index is 634. The van der Waals surface area contributed by atoms with E-state index in [2.05, 4.69) is 31.0 Å². The van der Waals surface area contributed by atoms with Gasteiger partial charge in [0.05, 0.1) is 0 Å². The minimum atomic E-state index is -0.131. The number of aromatic nitrogens is 3. The maximum atomic E-state index is 6.07. The first-order valence-electron chi connectivity index (χ1n) is 5.75. The minimum absolute atomic E-state index is 0.131. The molecule has 0 aliphatic heterocycles. The van der Waals surface area contributed by atoms with E-state index in [9.17, 15) is 0 Å². The zero-order valence-electron chi connectivity index (χ0n) is 10.9. The number of aryl methyl sites for hydroxylation is 1. The molecule has 3 nitrogen and oxygen atoms in total. The van der Waals surface area contributed by atoms with Crippen LogP contribution in [0.15, 0.2) is 18.2 Å². The van der Waals surface area contributed by atoms with E-state index in [0.717, 1.165) is 17.0 Å². The van der Waals surface area contributed by atoms with Gasteiger partial charge in [-0.25, -0.2) is 0 Å². The van der Waals surface area contributed by atoms with Gasteiger partial charge in [-0.2, -0.15) is 5.10 Å². The highest BCUT2D eigenvalue weighted by atomic mass is 35.5. The SMILES string of the molecule is Cc1ccc(Cl)cc1-c1n[nH]c(=S)n1C(C)(C)C. The maximum absolute atomic E-state index is 6.07. The topological polar surface area (TPSA) is 33.6 Å². The fourth-order valence-corrected chi connectivity index (χ4v) is 2.51. The normalized spacial score (nSPS) is 11.8. The molecule has 0 aliphatic carbocycles. The van der Waals surface area contributed by atoms with E-state index in [-0.39, 0.29) is 5.54 Å². The van der Waals surface area contributed by atoms with E-state index in [1.54, 1.807) is 0 Å². The van der Waals surface area contributed by atoms with Gasteiger partial charge in [-0.05, 0) is 57.6 Å². The Kier molecular flexibility index (Phi) is 3.34. The van der Waals surface area contributed by atoms with Crippen molar-refractivity contribution < 1.29 is 0 Å². The van der Waals surface area contributed by atoms with E-state index < -0.39 is 0 Å². The van der Waals surface area contributed by atoms with Crippen LogP contribution in [0.1, 0.15) is 26.3 Å². The van der Waals surface area contributed by atoms with Crippen molar-refractivity contribution >= 4 is 23.8 Å². The van der Waals surface area contributed by atoms with Crippen molar-refractivity contribution in [3.05, 3.63) is 33.6 Å². The Morgan fingerprint density at radius 1 is 1.33 bits per heavy atom. The number of hydrogen-bond acceptors (Lipinski definition) is 2. The van der Waals surface area contributed by atoms with Crippen LogP contribution in [0.3, 0.4) is 0 Å². The van der Waals surface area contributed by atoms with Gasteiger partial charge in [0.1, 0.15) is 0 Å². The quantitative estimate of drug-likeness (QED) is 0.790. The molecule has 96 valence electrons. The monoisotopic (exact) mass is 281 g/mol. The van der Waals surface area contributed by atoms with Crippen LogP contribution in [-0.4, -0.2) is 14.8 Å². The summed E-state index contributed by atoms with van der Waals surface area (Å²) in [4.78, 5) is 0. The van der Waals surface area contributed by atoms with Gasteiger partial charge < -0.3 is 0 Å². The molecule has 0 spiro atoms. The smallest absolute Gasteiger partial charge is 0.195 e. The summed E-state index contributed by atoms with van der Waals surface area (Å²) >= 11 is 11.4. The highest BCUT2D eigenvalue weighted by Gasteiger charge is 2.21. The van der Waals surface area contributed by atoms with Crippen LogP contribution in [0.25, 0.3) is 11.4 Å². The van der Waals surface area contributed by atoms with Crippen molar-refractivity contribution in [2.45, 2.75) is 33.2 Å². The summed E-state index contributed by atoms with van der Waals surface area (Å²) < 4.78 is 2.64. The molecule has 0 unspecified atom stereocenters. The second-order valence-electron chi connectivity index (χ2n) is 5.32. The van der Waals surface area contributed by atoms with Gasteiger partial charge >= 0.3 is 0 Å². The van der Waals surface area contributed by atoms with Gasteiger partial charge in [-0.1, -0.05) is 17.7 Å². The Balaban J connectivity index is 2.73. The number of rotatable bonds is 1. The van der Waals surface area contributed by atoms with Crippen molar-refractivity contribution in [2.75, 3.05) is 0 Å². The van der Waals surface area contributed by atoms with Crippen LogP contribution in [0.2, 0.25) is 5.02 Å². The third-order valence-corrected chi connectivity index (χ3v) is 3.29. The molecule has 1 N–H and O–H groups in total. The Morgan fingerprint density at radius 2 is 2.00 bits per heavy atom. The fourth-order valence-electron chi connectivity index (χ4n) is 1.94. The van der Waals surface area contributed by atoms with Crippen LogP contribution < -0.4 is 0 Å². The summed E-state index contributed by atoms with van der Waals surface area (Å²) in [5.74, 6) is 0.826. The molecule has 0 fully saturated rings. The van der Waals surface area contributed by atoms with Gasteiger partial charge in [0.2, 0.25) is 0 Å². The number of nitrogens with zero attached hydrogens (tertiary/aromatic N) is 2. The third kappa shape index (κ3) is 2.35. The van der Waals surface area contributed by atoms with E-state index in [0.29, 0.717) is 9.79 Å².